The summed E-state index contributed by atoms with van der Waals surface area (Å²) in [4.78, 5) is 23.0. The second-order valence-corrected chi connectivity index (χ2v) is 5.02. The van der Waals surface area contributed by atoms with E-state index in [1.165, 1.54) is 0 Å². The van der Waals surface area contributed by atoms with Gasteiger partial charge in [-0.05, 0) is 44.2 Å². The van der Waals surface area contributed by atoms with Crippen LogP contribution in [0.15, 0.2) is 42.5 Å². The molecule has 1 amide bonds. The lowest BCUT2D eigenvalue weighted by Gasteiger charge is -2.13. The van der Waals surface area contributed by atoms with Crippen molar-refractivity contribution in [3.05, 3.63) is 48.0 Å². The van der Waals surface area contributed by atoms with Gasteiger partial charge in [0, 0.05) is 5.56 Å². The SMILES string of the molecule is CCOc1ccccc1NC(=O)COc1ccc(C=O)cc1OCC. The van der Waals surface area contributed by atoms with Crippen molar-refractivity contribution in [3.8, 4) is 17.2 Å². The molecule has 6 heteroatoms. The number of benzene rings is 2. The first-order chi connectivity index (χ1) is 12.2. The molecule has 0 aliphatic rings. The predicted molar refractivity (Wildman–Crippen MR) is 94.7 cm³/mol. The molecule has 0 spiro atoms. The van der Waals surface area contributed by atoms with Crippen LogP contribution in [-0.2, 0) is 4.79 Å². The minimum absolute atomic E-state index is 0.193. The third-order valence-corrected chi connectivity index (χ3v) is 3.22. The summed E-state index contributed by atoms with van der Waals surface area (Å²) in [6.45, 7) is 4.44. The summed E-state index contributed by atoms with van der Waals surface area (Å²) in [6, 6.07) is 12.0. The topological polar surface area (TPSA) is 73.9 Å². The first-order valence-electron chi connectivity index (χ1n) is 8.04. The van der Waals surface area contributed by atoms with E-state index in [-0.39, 0.29) is 12.5 Å². The maximum Gasteiger partial charge on any atom is 0.262 e. The molecule has 0 bridgehead atoms. The molecule has 0 aromatic heterocycles. The van der Waals surface area contributed by atoms with Crippen LogP contribution in [0.5, 0.6) is 17.2 Å². The van der Waals surface area contributed by atoms with Gasteiger partial charge >= 0.3 is 0 Å². The van der Waals surface area contributed by atoms with E-state index < -0.39 is 0 Å². The highest BCUT2D eigenvalue weighted by molar-refractivity contribution is 5.93. The van der Waals surface area contributed by atoms with Crippen LogP contribution in [-0.4, -0.2) is 32.0 Å². The summed E-state index contributed by atoms with van der Waals surface area (Å²) in [7, 11) is 0. The summed E-state index contributed by atoms with van der Waals surface area (Å²) in [5, 5.41) is 2.75. The van der Waals surface area contributed by atoms with Gasteiger partial charge in [-0.15, -0.1) is 0 Å². The van der Waals surface area contributed by atoms with Gasteiger partial charge in [0.2, 0.25) is 0 Å². The van der Waals surface area contributed by atoms with Crippen molar-refractivity contribution in [2.45, 2.75) is 13.8 Å². The Labute approximate surface area is 146 Å². The first kappa shape index (κ1) is 18.3. The molecule has 0 fully saturated rings. The van der Waals surface area contributed by atoms with Crippen LogP contribution >= 0.6 is 0 Å². The Balaban J connectivity index is 2.01. The first-order valence-corrected chi connectivity index (χ1v) is 8.04. The van der Waals surface area contributed by atoms with E-state index in [0.29, 0.717) is 41.7 Å². The molecule has 0 atom stereocenters. The van der Waals surface area contributed by atoms with E-state index in [9.17, 15) is 9.59 Å². The number of carbonyl (C=O) groups excluding carboxylic acids is 2. The lowest BCUT2D eigenvalue weighted by Crippen LogP contribution is -2.20. The lowest BCUT2D eigenvalue weighted by molar-refractivity contribution is -0.118. The zero-order valence-corrected chi connectivity index (χ0v) is 14.3. The van der Waals surface area contributed by atoms with Crippen LogP contribution in [0, 0.1) is 0 Å². The van der Waals surface area contributed by atoms with E-state index in [4.69, 9.17) is 14.2 Å². The lowest BCUT2D eigenvalue weighted by atomic mass is 10.2. The number of anilines is 1. The molecule has 25 heavy (non-hydrogen) atoms. The van der Waals surface area contributed by atoms with Gasteiger partial charge in [0.25, 0.3) is 5.91 Å². The van der Waals surface area contributed by atoms with E-state index in [0.717, 1.165) is 6.29 Å². The fourth-order valence-corrected chi connectivity index (χ4v) is 2.17. The summed E-state index contributed by atoms with van der Waals surface area (Å²) in [5.74, 6) is 1.10. The number of aldehydes is 1. The van der Waals surface area contributed by atoms with Crippen molar-refractivity contribution in [2.75, 3.05) is 25.1 Å². The summed E-state index contributed by atoms with van der Waals surface area (Å²) >= 11 is 0. The highest BCUT2D eigenvalue weighted by Gasteiger charge is 2.11. The van der Waals surface area contributed by atoms with Gasteiger partial charge in [-0.3, -0.25) is 9.59 Å². The average Bonchev–Trinajstić information content (AvgIpc) is 2.62. The van der Waals surface area contributed by atoms with E-state index in [1.54, 1.807) is 30.3 Å². The fraction of sp³-hybridized carbons (Fsp3) is 0.263. The van der Waals surface area contributed by atoms with Crippen LogP contribution in [0.3, 0.4) is 0 Å². The number of rotatable bonds is 9. The summed E-state index contributed by atoms with van der Waals surface area (Å²) < 4.78 is 16.4. The standard InChI is InChI=1S/C19H21NO5/c1-3-23-16-8-6-5-7-15(16)20-19(22)13-25-17-10-9-14(12-21)11-18(17)24-4-2/h5-12H,3-4,13H2,1-2H3,(H,20,22). The number of hydrogen-bond donors (Lipinski definition) is 1. The fourth-order valence-electron chi connectivity index (χ4n) is 2.17. The molecule has 0 saturated carbocycles. The second kappa shape index (κ2) is 9.32. The highest BCUT2D eigenvalue weighted by atomic mass is 16.5. The molecule has 0 heterocycles. The number of para-hydroxylation sites is 2. The zero-order chi connectivity index (χ0) is 18.1. The van der Waals surface area contributed by atoms with Crippen molar-refractivity contribution >= 4 is 17.9 Å². The summed E-state index contributed by atoms with van der Waals surface area (Å²) in [6.07, 6.45) is 0.726. The minimum Gasteiger partial charge on any atom is -0.492 e. The molecule has 0 radical (unpaired) electrons. The van der Waals surface area contributed by atoms with Gasteiger partial charge in [-0.25, -0.2) is 0 Å². The Morgan fingerprint density at radius 2 is 1.68 bits per heavy atom. The Morgan fingerprint density at radius 1 is 0.960 bits per heavy atom. The van der Waals surface area contributed by atoms with E-state index in [1.807, 2.05) is 26.0 Å². The quantitative estimate of drug-likeness (QED) is 0.707. The number of ether oxygens (including phenoxy) is 3. The Hall–Kier alpha value is -3.02. The Kier molecular flexibility index (Phi) is 6.83. The van der Waals surface area contributed by atoms with Crippen molar-refractivity contribution in [2.24, 2.45) is 0 Å². The molecule has 2 aromatic rings. The zero-order valence-electron chi connectivity index (χ0n) is 14.3. The highest BCUT2D eigenvalue weighted by Crippen LogP contribution is 2.28. The van der Waals surface area contributed by atoms with Crippen LogP contribution in [0.25, 0.3) is 0 Å². The molecule has 0 unspecified atom stereocenters. The molecular weight excluding hydrogens is 322 g/mol. The van der Waals surface area contributed by atoms with Gasteiger partial charge in [0.05, 0.1) is 18.9 Å². The minimum atomic E-state index is -0.325. The van der Waals surface area contributed by atoms with Gasteiger partial charge in [0.15, 0.2) is 18.1 Å². The van der Waals surface area contributed by atoms with Gasteiger partial charge < -0.3 is 19.5 Å². The monoisotopic (exact) mass is 343 g/mol. The molecule has 2 rings (SSSR count). The van der Waals surface area contributed by atoms with Gasteiger partial charge in [-0.2, -0.15) is 0 Å². The molecule has 6 nitrogen and oxygen atoms in total. The largest absolute Gasteiger partial charge is 0.492 e. The van der Waals surface area contributed by atoms with Gasteiger partial charge in [0.1, 0.15) is 12.0 Å². The molecule has 0 aliphatic heterocycles. The number of hydrogen-bond acceptors (Lipinski definition) is 5. The molecular formula is C19H21NO5. The smallest absolute Gasteiger partial charge is 0.262 e. The van der Waals surface area contributed by atoms with E-state index in [2.05, 4.69) is 5.32 Å². The Bertz CT molecular complexity index is 730. The molecule has 0 saturated heterocycles. The van der Waals surface area contributed by atoms with Crippen LogP contribution in [0.4, 0.5) is 5.69 Å². The molecule has 0 aliphatic carbocycles. The van der Waals surface area contributed by atoms with Gasteiger partial charge in [-0.1, -0.05) is 12.1 Å². The van der Waals surface area contributed by atoms with Crippen LogP contribution in [0.1, 0.15) is 24.2 Å². The maximum absolute atomic E-state index is 12.1. The normalized spacial score (nSPS) is 10.0. The Morgan fingerprint density at radius 3 is 2.40 bits per heavy atom. The molecule has 2 aromatic carbocycles. The van der Waals surface area contributed by atoms with Crippen molar-refractivity contribution < 1.29 is 23.8 Å². The summed E-state index contributed by atoms with van der Waals surface area (Å²) in [5.41, 5.74) is 1.06. The molecule has 132 valence electrons. The van der Waals surface area contributed by atoms with E-state index >= 15 is 0 Å². The molecule has 1 N–H and O–H groups in total. The third-order valence-electron chi connectivity index (χ3n) is 3.22. The second-order valence-electron chi connectivity index (χ2n) is 5.02. The van der Waals surface area contributed by atoms with Crippen molar-refractivity contribution in [1.29, 1.82) is 0 Å². The van der Waals surface area contributed by atoms with Crippen molar-refractivity contribution in [3.63, 3.8) is 0 Å². The predicted octanol–water partition coefficient (Wildman–Crippen LogP) is 3.31. The van der Waals surface area contributed by atoms with Crippen molar-refractivity contribution in [1.82, 2.24) is 0 Å². The van der Waals surface area contributed by atoms with Crippen LogP contribution < -0.4 is 19.5 Å². The number of nitrogens with one attached hydrogen (secondary N) is 1. The number of amides is 1. The van der Waals surface area contributed by atoms with Crippen LogP contribution in [0.2, 0.25) is 0 Å². The maximum atomic E-state index is 12.1. The number of carbonyl (C=O) groups is 2. The average molecular weight is 343 g/mol. The third kappa shape index (κ3) is 5.24.